The second-order valence-corrected chi connectivity index (χ2v) is 5.76. The number of hydrogen-bond donors (Lipinski definition) is 1. The summed E-state index contributed by atoms with van der Waals surface area (Å²) in [5, 5.41) is 8.81. The first kappa shape index (κ1) is 20.7. The van der Waals surface area contributed by atoms with Gasteiger partial charge < -0.3 is 10.0 Å². The van der Waals surface area contributed by atoms with Crippen molar-refractivity contribution in [2.45, 2.75) is 78.1 Å². The molecule has 4 heteroatoms. The fourth-order valence-electron chi connectivity index (χ4n) is 2.27. The van der Waals surface area contributed by atoms with E-state index in [-0.39, 0.29) is 12.3 Å². The lowest BCUT2D eigenvalue weighted by atomic mass is 10.1. The molecule has 22 heavy (non-hydrogen) atoms. The number of carboxylic acid groups (broad SMARTS) is 1. The fourth-order valence-corrected chi connectivity index (χ4v) is 2.27. The van der Waals surface area contributed by atoms with Crippen LogP contribution in [0.2, 0.25) is 0 Å². The molecule has 0 rings (SSSR count). The van der Waals surface area contributed by atoms with E-state index in [0.29, 0.717) is 19.5 Å². The number of allylic oxidation sites excluding steroid dienone is 1. The Morgan fingerprint density at radius 1 is 0.909 bits per heavy atom. The second-order valence-electron chi connectivity index (χ2n) is 5.76. The largest absolute Gasteiger partial charge is 0.481 e. The highest BCUT2D eigenvalue weighted by Gasteiger charge is 2.13. The first-order valence-electron chi connectivity index (χ1n) is 8.76. The lowest BCUT2D eigenvalue weighted by Crippen LogP contribution is -2.33. The molecule has 0 unspecified atom stereocenters. The third-order valence-electron chi connectivity index (χ3n) is 3.64. The Balaban J connectivity index is 4.12. The van der Waals surface area contributed by atoms with Gasteiger partial charge in [0.25, 0.3) is 0 Å². The molecule has 0 fully saturated rings. The molecule has 0 saturated carbocycles. The summed E-state index contributed by atoms with van der Waals surface area (Å²) in [6.45, 7) is 5.30. The fraction of sp³-hybridized carbons (Fsp3) is 0.778. The van der Waals surface area contributed by atoms with Gasteiger partial charge in [0.15, 0.2) is 0 Å². The van der Waals surface area contributed by atoms with E-state index in [2.05, 4.69) is 13.8 Å². The second kappa shape index (κ2) is 14.6. The van der Waals surface area contributed by atoms with Gasteiger partial charge in [0.1, 0.15) is 0 Å². The number of amides is 1. The van der Waals surface area contributed by atoms with E-state index in [4.69, 9.17) is 5.11 Å². The van der Waals surface area contributed by atoms with Gasteiger partial charge in [0.2, 0.25) is 5.91 Å². The molecule has 0 aliphatic carbocycles. The molecule has 4 nitrogen and oxygen atoms in total. The molecule has 0 radical (unpaired) electrons. The van der Waals surface area contributed by atoms with Crippen LogP contribution >= 0.6 is 0 Å². The van der Waals surface area contributed by atoms with Gasteiger partial charge in [-0.3, -0.25) is 9.59 Å². The summed E-state index contributed by atoms with van der Waals surface area (Å²) in [4.78, 5) is 24.6. The highest BCUT2D eigenvalue weighted by Crippen LogP contribution is 2.07. The number of carbonyl (C=O) groups is 2. The van der Waals surface area contributed by atoms with E-state index in [1.807, 2.05) is 12.2 Å². The maximum absolute atomic E-state index is 12.2. The minimum absolute atomic E-state index is 0.0280. The Morgan fingerprint density at radius 3 is 2.23 bits per heavy atom. The third kappa shape index (κ3) is 12.4. The Morgan fingerprint density at radius 2 is 1.59 bits per heavy atom. The van der Waals surface area contributed by atoms with Crippen molar-refractivity contribution in [3.63, 3.8) is 0 Å². The lowest BCUT2D eigenvalue weighted by molar-refractivity contribution is -0.138. The van der Waals surface area contributed by atoms with Gasteiger partial charge in [-0.05, 0) is 12.8 Å². The van der Waals surface area contributed by atoms with Crippen LogP contribution in [0.15, 0.2) is 12.2 Å². The van der Waals surface area contributed by atoms with Crippen molar-refractivity contribution in [1.29, 1.82) is 0 Å². The van der Waals surface area contributed by atoms with Crippen LogP contribution in [0.5, 0.6) is 0 Å². The molecule has 0 aliphatic heterocycles. The zero-order valence-electron chi connectivity index (χ0n) is 14.4. The normalized spacial score (nSPS) is 11.0. The van der Waals surface area contributed by atoms with Crippen molar-refractivity contribution in [2.75, 3.05) is 13.1 Å². The van der Waals surface area contributed by atoms with Crippen LogP contribution in [0.1, 0.15) is 78.1 Å². The van der Waals surface area contributed by atoms with Gasteiger partial charge in [-0.25, -0.2) is 0 Å². The number of carbonyl (C=O) groups excluding carboxylic acids is 1. The Hall–Kier alpha value is -1.32. The quantitative estimate of drug-likeness (QED) is 0.382. The number of aliphatic carboxylic acids is 1. The number of rotatable bonds is 14. The zero-order chi connectivity index (χ0) is 16.6. The van der Waals surface area contributed by atoms with Gasteiger partial charge in [-0.1, -0.05) is 64.5 Å². The molecule has 0 heterocycles. The van der Waals surface area contributed by atoms with Crippen molar-refractivity contribution in [2.24, 2.45) is 0 Å². The van der Waals surface area contributed by atoms with Crippen LogP contribution in [-0.2, 0) is 9.59 Å². The zero-order valence-corrected chi connectivity index (χ0v) is 14.4. The minimum atomic E-state index is -0.845. The molecule has 0 saturated heterocycles. The third-order valence-corrected chi connectivity index (χ3v) is 3.64. The van der Waals surface area contributed by atoms with E-state index in [1.165, 1.54) is 25.7 Å². The average molecular weight is 311 g/mol. The van der Waals surface area contributed by atoms with Gasteiger partial charge in [0.05, 0.1) is 6.42 Å². The summed E-state index contributed by atoms with van der Waals surface area (Å²) in [6, 6.07) is 0. The molecule has 0 aromatic rings. The first-order chi connectivity index (χ1) is 10.6. The Kier molecular flexibility index (Phi) is 13.7. The standard InChI is InChI=1S/C18H33NO3/c1-3-5-7-9-10-12-15-19(16-14-18(21)22)17(20)13-11-8-6-4-2/h8,11H,3-7,9-10,12-16H2,1-2H3,(H,21,22)/b11-8+. The van der Waals surface area contributed by atoms with Crippen LogP contribution in [-0.4, -0.2) is 35.0 Å². The van der Waals surface area contributed by atoms with Crippen LogP contribution < -0.4 is 0 Å². The Bertz CT molecular complexity index is 326. The summed E-state index contributed by atoms with van der Waals surface area (Å²) >= 11 is 0. The monoisotopic (exact) mass is 311 g/mol. The average Bonchev–Trinajstić information content (AvgIpc) is 2.49. The van der Waals surface area contributed by atoms with E-state index in [0.717, 1.165) is 25.7 Å². The SMILES string of the molecule is CCC/C=C/CC(=O)N(CCCCCCCC)CCC(=O)O. The summed E-state index contributed by atoms with van der Waals surface area (Å²) in [7, 11) is 0. The molecule has 0 aromatic heterocycles. The van der Waals surface area contributed by atoms with E-state index < -0.39 is 5.97 Å². The van der Waals surface area contributed by atoms with Crippen LogP contribution in [0, 0.1) is 0 Å². The first-order valence-corrected chi connectivity index (χ1v) is 8.76. The number of unbranched alkanes of at least 4 members (excludes halogenated alkanes) is 6. The summed E-state index contributed by atoms with van der Waals surface area (Å²) in [6.07, 6.45) is 13.4. The summed E-state index contributed by atoms with van der Waals surface area (Å²) in [5.74, 6) is -0.801. The minimum Gasteiger partial charge on any atom is -0.481 e. The van der Waals surface area contributed by atoms with Crippen molar-refractivity contribution in [1.82, 2.24) is 4.90 Å². The van der Waals surface area contributed by atoms with E-state index >= 15 is 0 Å². The van der Waals surface area contributed by atoms with Crippen molar-refractivity contribution in [3.8, 4) is 0 Å². The molecule has 0 atom stereocenters. The van der Waals surface area contributed by atoms with Crippen LogP contribution in [0.4, 0.5) is 0 Å². The number of hydrogen-bond acceptors (Lipinski definition) is 2. The number of nitrogens with zero attached hydrogens (tertiary/aromatic N) is 1. The smallest absolute Gasteiger partial charge is 0.305 e. The number of carboxylic acids is 1. The topological polar surface area (TPSA) is 57.6 Å². The summed E-state index contributed by atoms with van der Waals surface area (Å²) < 4.78 is 0. The summed E-state index contributed by atoms with van der Waals surface area (Å²) in [5.41, 5.74) is 0. The molecule has 0 bridgehead atoms. The molecule has 1 N–H and O–H groups in total. The van der Waals surface area contributed by atoms with Crippen LogP contribution in [0.25, 0.3) is 0 Å². The van der Waals surface area contributed by atoms with Crippen molar-refractivity contribution < 1.29 is 14.7 Å². The lowest BCUT2D eigenvalue weighted by Gasteiger charge is -2.21. The molecular weight excluding hydrogens is 278 g/mol. The molecule has 128 valence electrons. The van der Waals surface area contributed by atoms with Crippen molar-refractivity contribution >= 4 is 11.9 Å². The molecule has 0 aromatic carbocycles. The van der Waals surface area contributed by atoms with Crippen LogP contribution in [0.3, 0.4) is 0 Å². The maximum atomic E-state index is 12.2. The predicted molar refractivity (Wildman–Crippen MR) is 90.9 cm³/mol. The van der Waals surface area contributed by atoms with Gasteiger partial charge in [-0.2, -0.15) is 0 Å². The molecule has 0 aliphatic rings. The highest BCUT2D eigenvalue weighted by molar-refractivity contribution is 5.78. The van der Waals surface area contributed by atoms with Crippen molar-refractivity contribution in [3.05, 3.63) is 12.2 Å². The van der Waals surface area contributed by atoms with Gasteiger partial charge >= 0.3 is 5.97 Å². The Labute approximate surface area is 135 Å². The molecule has 1 amide bonds. The van der Waals surface area contributed by atoms with E-state index in [1.54, 1.807) is 4.90 Å². The predicted octanol–water partition coefficient (Wildman–Crippen LogP) is 4.40. The van der Waals surface area contributed by atoms with Gasteiger partial charge in [0, 0.05) is 19.5 Å². The van der Waals surface area contributed by atoms with E-state index in [9.17, 15) is 9.59 Å². The van der Waals surface area contributed by atoms with Gasteiger partial charge in [-0.15, -0.1) is 0 Å². The molecule has 0 spiro atoms. The highest BCUT2D eigenvalue weighted by atomic mass is 16.4. The molecular formula is C18H33NO3. The maximum Gasteiger partial charge on any atom is 0.305 e.